The molecule has 1 N–H and O–H groups in total. The van der Waals surface area contributed by atoms with Gasteiger partial charge < -0.3 is 4.42 Å². The fourth-order valence-corrected chi connectivity index (χ4v) is 2.98. The Hall–Kier alpha value is -2.38. The van der Waals surface area contributed by atoms with E-state index in [4.69, 9.17) is 16.0 Å². The Morgan fingerprint density at radius 2 is 2.00 bits per heavy atom. The minimum atomic E-state index is -0.159. The van der Waals surface area contributed by atoms with E-state index in [-0.39, 0.29) is 17.8 Å². The number of amides is 1. The SMILES string of the molecule is O=C(CCCSc1ccc(Cl)cc1)Nc1nnc(-c2ccccn2)o1. The summed E-state index contributed by atoms with van der Waals surface area (Å²) in [7, 11) is 0. The van der Waals surface area contributed by atoms with Gasteiger partial charge in [0.2, 0.25) is 5.91 Å². The number of thioether (sulfide) groups is 1. The molecule has 3 rings (SSSR count). The maximum absolute atomic E-state index is 11.9. The molecule has 0 aliphatic carbocycles. The summed E-state index contributed by atoms with van der Waals surface area (Å²) in [4.78, 5) is 17.2. The van der Waals surface area contributed by atoms with E-state index in [1.807, 2.05) is 30.3 Å². The predicted molar refractivity (Wildman–Crippen MR) is 97.6 cm³/mol. The first-order valence-electron chi connectivity index (χ1n) is 7.64. The second-order valence-electron chi connectivity index (χ2n) is 5.08. The minimum Gasteiger partial charge on any atom is -0.401 e. The number of pyridine rings is 1. The van der Waals surface area contributed by atoms with Crippen LogP contribution in [0.25, 0.3) is 11.6 Å². The van der Waals surface area contributed by atoms with Crippen LogP contribution in [0, 0.1) is 0 Å². The van der Waals surface area contributed by atoms with E-state index in [0.29, 0.717) is 17.1 Å². The van der Waals surface area contributed by atoms with Crippen molar-refractivity contribution in [1.29, 1.82) is 0 Å². The molecule has 0 aliphatic heterocycles. The zero-order chi connectivity index (χ0) is 17.5. The van der Waals surface area contributed by atoms with Crippen LogP contribution in [-0.4, -0.2) is 26.8 Å². The number of carbonyl (C=O) groups is 1. The highest BCUT2D eigenvalue weighted by molar-refractivity contribution is 7.99. The average molecular weight is 375 g/mol. The minimum absolute atomic E-state index is 0.0796. The molecule has 0 atom stereocenters. The molecule has 25 heavy (non-hydrogen) atoms. The molecule has 0 saturated heterocycles. The lowest BCUT2D eigenvalue weighted by atomic mass is 10.3. The number of nitrogens with one attached hydrogen (secondary N) is 1. The lowest BCUT2D eigenvalue weighted by Gasteiger charge is -2.02. The van der Waals surface area contributed by atoms with Crippen LogP contribution in [0.15, 0.2) is 58.0 Å². The molecule has 2 heterocycles. The van der Waals surface area contributed by atoms with Gasteiger partial charge in [-0.15, -0.1) is 16.9 Å². The fourth-order valence-electron chi connectivity index (χ4n) is 2.00. The van der Waals surface area contributed by atoms with Gasteiger partial charge in [0.1, 0.15) is 5.69 Å². The number of halogens is 1. The molecule has 0 radical (unpaired) electrons. The Labute approximate surface area is 154 Å². The van der Waals surface area contributed by atoms with Crippen molar-refractivity contribution in [3.8, 4) is 11.6 Å². The average Bonchev–Trinajstić information content (AvgIpc) is 3.09. The maximum atomic E-state index is 11.9. The summed E-state index contributed by atoms with van der Waals surface area (Å²) in [6.07, 6.45) is 2.75. The first-order chi connectivity index (χ1) is 12.2. The largest absolute Gasteiger partial charge is 0.401 e. The molecule has 2 aromatic heterocycles. The van der Waals surface area contributed by atoms with Crippen LogP contribution in [0.2, 0.25) is 5.02 Å². The van der Waals surface area contributed by atoms with Crippen molar-refractivity contribution in [2.45, 2.75) is 17.7 Å². The van der Waals surface area contributed by atoms with Gasteiger partial charge in [-0.3, -0.25) is 15.1 Å². The number of benzene rings is 1. The van der Waals surface area contributed by atoms with Gasteiger partial charge in [-0.1, -0.05) is 22.8 Å². The van der Waals surface area contributed by atoms with E-state index in [9.17, 15) is 4.79 Å². The van der Waals surface area contributed by atoms with E-state index < -0.39 is 0 Å². The molecule has 0 aliphatic rings. The first-order valence-corrected chi connectivity index (χ1v) is 9.00. The summed E-state index contributed by atoms with van der Waals surface area (Å²) < 4.78 is 5.39. The molecule has 3 aromatic rings. The molecule has 8 heteroatoms. The topological polar surface area (TPSA) is 80.9 Å². The molecule has 0 bridgehead atoms. The molecule has 1 aromatic carbocycles. The third-order valence-electron chi connectivity index (χ3n) is 3.19. The van der Waals surface area contributed by atoms with Crippen molar-refractivity contribution in [1.82, 2.24) is 15.2 Å². The molecule has 128 valence electrons. The highest BCUT2D eigenvalue weighted by Gasteiger charge is 2.11. The maximum Gasteiger partial charge on any atom is 0.322 e. The summed E-state index contributed by atoms with van der Waals surface area (Å²) in [6.45, 7) is 0. The summed E-state index contributed by atoms with van der Waals surface area (Å²) in [5, 5.41) is 11.0. The second kappa shape index (κ2) is 8.64. The lowest BCUT2D eigenvalue weighted by Crippen LogP contribution is -2.11. The van der Waals surface area contributed by atoms with E-state index in [2.05, 4.69) is 20.5 Å². The van der Waals surface area contributed by atoms with Gasteiger partial charge in [0.25, 0.3) is 5.89 Å². The zero-order valence-corrected chi connectivity index (χ0v) is 14.8. The van der Waals surface area contributed by atoms with E-state index in [1.54, 1.807) is 30.1 Å². The molecule has 0 saturated carbocycles. The Balaban J connectivity index is 1.42. The standard InChI is InChI=1S/C17H15ClN4O2S/c18-12-6-8-13(9-7-12)25-11-3-5-15(23)20-17-22-21-16(24-17)14-4-1-2-10-19-14/h1-2,4,6-10H,3,5,11H2,(H,20,22,23). The van der Waals surface area contributed by atoms with Crippen LogP contribution in [0.5, 0.6) is 0 Å². The van der Waals surface area contributed by atoms with Crippen LogP contribution in [0.3, 0.4) is 0 Å². The number of hydrogen-bond donors (Lipinski definition) is 1. The highest BCUT2D eigenvalue weighted by Crippen LogP contribution is 2.21. The van der Waals surface area contributed by atoms with Crippen LogP contribution < -0.4 is 5.32 Å². The Morgan fingerprint density at radius 3 is 2.76 bits per heavy atom. The number of hydrogen-bond acceptors (Lipinski definition) is 6. The molecule has 0 unspecified atom stereocenters. The molecular weight excluding hydrogens is 360 g/mol. The Bertz CT molecular complexity index is 824. The Morgan fingerprint density at radius 1 is 1.16 bits per heavy atom. The fraction of sp³-hybridized carbons (Fsp3) is 0.176. The normalized spacial score (nSPS) is 10.6. The quantitative estimate of drug-likeness (QED) is 0.490. The Kier molecular flexibility index (Phi) is 6.03. The summed E-state index contributed by atoms with van der Waals surface area (Å²) in [5.41, 5.74) is 0.565. The van der Waals surface area contributed by atoms with E-state index in [0.717, 1.165) is 17.1 Å². The number of aromatic nitrogens is 3. The number of carbonyl (C=O) groups excluding carboxylic acids is 1. The number of nitrogens with zero attached hydrogens (tertiary/aromatic N) is 3. The van der Waals surface area contributed by atoms with Crippen LogP contribution in [0.4, 0.5) is 6.01 Å². The summed E-state index contributed by atoms with van der Waals surface area (Å²) in [5.74, 6) is 0.944. The highest BCUT2D eigenvalue weighted by atomic mass is 35.5. The third kappa shape index (κ3) is 5.30. The molecular formula is C17H15ClN4O2S. The molecule has 0 fully saturated rings. The molecule has 0 spiro atoms. The van der Waals surface area contributed by atoms with Gasteiger partial charge in [0.15, 0.2) is 0 Å². The second-order valence-corrected chi connectivity index (χ2v) is 6.69. The van der Waals surface area contributed by atoms with Crippen molar-refractivity contribution in [3.63, 3.8) is 0 Å². The van der Waals surface area contributed by atoms with E-state index >= 15 is 0 Å². The van der Waals surface area contributed by atoms with E-state index in [1.165, 1.54) is 0 Å². The molecule has 1 amide bonds. The molecule has 6 nitrogen and oxygen atoms in total. The van der Waals surface area contributed by atoms with Gasteiger partial charge in [0, 0.05) is 22.5 Å². The van der Waals surface area contributed by atoms with Crippen LogP contribution in [0.1, 0.15) is 12.8 Å². The monoisotopic (exact) mass is 374 g/mol. The van der Waals surface area contributed by atoms with Crippen molar-refractivity contribution in [2.75, 3.05) is 11.1 Å². The third-order valence-corrected chi connectivity index (χ3v) is 4.54. The smallest absolute Gasteiger partial charge is 0.322 e. The van der Waals surface area contributed by atoms with Gasteiger partial charge in [-0.05, 0) is 48.6 Å². The summed E-state index contributed by atoms with van der Waals surface area (Å²) in [6, 6.07) is 13.1. The predicted octanol–water partition coefficient (Wildman–Crippen LogP) is 4.30. The van der Waals surface area contributed by atoms with Gasteiger partial charge >= 0.3 is 6.01 Å². The van der Waals surface area contributed by atoms with Gasteiger partial charge in [0.05, 0.1) is 0 Å². The van der Waals surface area contributed by atoms with Gasteiger partial charge in [-0.25, -0.2) is 0 Å². The van der Waals surface area contributed by atoms with Crippen molar-refractivity contribution in [3.05, 3.63) is 53.7 Å². The number of rotatable bonds is 7. The summed E-state index contributed by atoms with van der Waals surface area (Å²) >= 11 is 7.53. The van der Waals surface area contributed by atoms with Crippen molar-refractivity contribution >= 4 is 35.3 Å². The lowest BCUT2D eigenvalue weighted by molar-refractivity contribution is -0.116. The van der Waals surface area contributed by atoms with Crippen LogP contribution in [-0.2, 0) is 4.79 Å². The first kappa shape index (κ1) is 17.4. The van der Waals surface area contributed by atoms with Gasteiger partial charge in [-0.2, -0.15) is 0 Å². The van der Waals surface area contributed by atoms with Crippen molar-refractivity contribution in [2.24, 2.45) is 0 Å². The van der Waals surface area contributed by atoms with Crippen molar-refractivity contribution < 1.29 is 9.21 Å². The zero-order valence-electron chi connectivity index (χ0n) is 13.2. The number of anilines is 1. The van der Waals surface area contributed by atoms with Crippen LogP contribution >= 0.6 is 23.4 Å².